The van der Waals surface area contributed by atoms with Gasteiger partial charge in [-0.05, 0) is 31.7 Å². The lowest BCUT2D eigenvalue weighted by Gasteiger charge is -2.40. The standard InChI is InChI=1S/C17H25NO2/c1-4-20-17(19)16-10-14(3)18(11-13(16)2)12-15-8-6-5-7-9-15/h5-9,13-14,16H,4,10-12H2,1-3H3. The van der Waals surface area contributed by atoms with Gasteiger partial charge in [0.15, 0.2) is 0 Å². The Morgan fingerprint density at radius 1 is 1.30 bits per heavy atom. The van der Waals surface area contributed by atoms with Crippen molar-refractivity contribution in [1.82, 2.24) is 4.90 Å². The average molecular weight is 275 g/mol. The Hall–Kier alpha value is -1.35. The summed E-state index contributed by atoms with van der Waals surface area (Å²) in [5.74, 6) is 0.386. The molecule has 3 nitrogen and oxygen atoms in total. The number of nitrogens with zero attached hydrogens (tertiary/aromatic N) is 1. The van der Waals surface area contributed by atoms with Crippen molar-refractivity contribution < 1.29 is 9.53 Å². The van der Waals surface area contributed by atoms with Gasteiger partial charge < -0.3 is 4.74 Å². The minimum absolute atomic E-state index is 0.0220. The molecule has 1 heterocycles. The van der Waals surface area contributed by atoms with E-state index < -0.39 is 0 Å². The molecule has 3 unspecified atom stereocenters. The number of hydrogen-bond acceptors (Lipinski definition) is 3. The molecule has 0 spiro atoms. The molecule has 1 fully saturated rings. The molecule has 1 saturated heterocycles. The molecule has 0 N–H and O–H groups in total. The van der Waals surface area contributed by atoms with Gasteiger partial charge in [-0.25, -0.2) is 0 Å². The molecule has 3 heteroatoms. The zero-order chi connectivity index (χ0) is 14.5. The second kappa shape index (κ2) is 6.89. The highest BCUT2D eigenvalue weighted by Crippen LogP contribution is 2.29. The Morgan fingerprint density at radius 3 is 2.65 bits per heavy atom. The van der Waals surface area contributed by atoms with E-state index >= 15 is 0 Å². The van der Waals surface area contributed by atoms with Crippen LogP contribution in [0.3, 0.4) is 0 Å². The molecular formula is C17H25NO2. The predicted octanol–water partition coefficient (Wildman–Crippen LogP) is 3.10. The number of carbonyl (C=O) groups excluding carboxylic acids is 1. The summed E-state index contributed by atoms with van der Waals surface area (Å²) in [6.07, 6.45) is 0.896. The van der Waals surface area contributed by atoms with Crippen LogP contribution in [-0.2, 0) is 16.1 Å². The number of carbonyl (C=O) groups is 1. The third-order valence-corrected chi connectivity index (χ3v) is 4.25. The van der Waals surface area contributed by atoms with Crippen molar-refractivity contribution in [2.45, 2.75) is 39.8 Å². The Kier molecular flexibility index (Phi) is 5.18. The third kappa shape index (κ3) is 3.60. The normalized spacial score (nSPS) is 27.2. The lowest BCUT2D eigenvalue weighted by Crippen LogP contribution is -2.47. The van der Waals surface area contributed by atoms with Gasteiger partial charge in [-0.1, -0.05) is 37.3 Å². The van der Waals surface area contributed by atoms with Crippen molar-refractivity contribution in [3.05, 3.63) is 35.9 Å². The molecular weight excluding hydrogens is 250 g/mol. The van der Waals surface area contributed by atoms with E-state index in [0.717, 1.165) is 19.5 Å². The highest BCUT2D eigenvalue weighted by Gasteiger charge is 2.35. The summed E-state index contributed by atoms with van der Waals surface area (Å²) in [4.78, 5) is 14.4. The summed E-state index contributed by atoms with van der Waals surface area (Å²) in [7, 11) is 0. The van der Waals surface area contributed by atoms with Crippen LogP contribution in [0, 0.1) is 11.8 Å². The van der Waals surface area contributed by atoms with E-state index in [1.807, 2.05) is 13.0 Å². The Morgan fingerprint density at radius 2 is 2.00 bits per heavy atom. The fraction of sp³-hybridized carbons (Fsp3) is 0.588. The first-order valence-corrected chi connectivity index (χ1v) is 7.56. The van der Waals surface area contributed by atoms with Gasteiger partial charge >= 0.3 is 5.97 Å². The van der Waals surface area contributed by atoms with E-state index in [0.29, 0.717) is 18.6 Å². The monoisotopic (exact) mass is 275 g/mol. The van der Waals surface area contributed by atoms with Crippen LogP contribution in [0.5, 0.6) is 0 Å². The molecule has 0 aliphatic carbocycles. The molecule has 1 aromatic carbocycles. The van der Waals surface area contributed by atoms with Crippen LogP contribution in [0.25, 0.3) is 0 Å². The summed E-state index contributed by atoms with van der Waals surface area (Å²) >= 11 is 0. The van der Waals surface area contributed by atoms with Gasteiger partial charge in [0, 0.05) is 19.1 Å². The largest absolute Gasteiger partial charge is 0.466 e. The number of esters is 1. The summed E-state index contributed by atoms with van der Waals surface area (Å²) in [5, 5.41) is 0. The van der Waals surface area contributed by atoms with E-state index in [4.69, 9.17) is 4.74 Å². The van der Waals surface area contributed by atoms with Crippen LogP contribution in [-0.4, -0.2) is 30.1 Å². The maximum absolute atomic E-state index is 12.0. The minimum atomic E-state index is -0.0220. The van der Waals surface area contributed by atoms with Crippen molar-refractivity contribution in [2.24, 2.45) is 11.8 Å². The van der Waals surface area contributed by atoms with Gasteiger partial charge in [-0.2, -0.15) is 0 Å². The van der Waals surface area contributed by atoms with Gasteiger partial charge in [-0.15, -0.1) is 0 Å². The summed E-state index contributed by atoms with van der Waals surface area (Å²) in [5.41, 5.74) is 1.33. The predicted molar refractivity (Wildman–Crippen MR) is 80.2 cm³/mol. The van der Waals surface area contributed by atoms with Gasteiger partial charge in [0.2, 0.25) is 0 Å². The van der Waals surface area contributed by atoms with Crippen LogP contribution in [0.4, 0.5) is 0 Å². The van der Waals surface area contributed by atoms with Gasteiger partial charge in [0.25, 0.3) is 0 Å². The molecule has 20 heavy (non-hydrogen) atoms. The van der Waals surface area contributed by atoms with Crippen molar-refractivity contribution >= 4 is 5.97 Å². The summed E-state index contributed by atoms with van der Waals surface area (Å²) in [6.45, 7) is 8.63. The smallest absolute Gasteiger partial charge is 0.309 e. The van der Waals surface area contributed by atoms with Gasteiger partial charge in [0.1, 0.15) is 0 Å². The van der Waals surface area contributed by atoms with Crippen LogP contribution in [0.2, 0.25) is 0 Å². The summed E-state index contributed by atoms with van der Waals surface area (Å²) in [6, 6.07) is 10.9. The molecule has 1 aromatic rings. The molecule has 0 radical (unpaired) electrons. The minimum Gasteiger partial charge on any atom is -0.466 e. The summed E-state index contributed by atoms with van der Waals surface area (Å²) < 4.78 is 5.20. The molecule has 1 aliphatic heterocycles. The number of rotatable bonds is 4. The average Bonchev–Trinajstić information content (AvgIpc) is 2.44. The van der Waals surface area contributed by atoms with Crippen LogP contribution in [0.15, 0.2) is 30.3 Å². The lowest BCUT2D eigenvalue weighted by molar-refractivity contribution is -0.152. The van der Waals surface area contributed by atoms with E-state index in [1.165, 1.54) is 5.56 Å². The maximum atomic E-state index is 12.0. The molecule has 0 aromatic heterocycles. The molecule has 3 atom stereocenters. The first kappa shape index (κ1) is 15.0. The van der Waals surface area contributed by atoms with Crippen LogP contribution >= 0.6 is 0 Å². The number of hydrogen-bond donors (Lipinski definition) is 0. The van der Waals surface area contributed by atoms with Crippen LogP contribution < -0.4 is 0 Å². The topological polar surface area (TPSA) is 29.5 Å². The second-order valence-electron chi connectivity index (χ2n) is 5.84. The first-order chi connectivity index (χ1) is 9.61. The molecule has 0 saturated carbocycles. The fourth-order valence-electron chi connectivity index (χ4n) is 3.04. The third-order valence-electron chi connectivity index (χ3n) is 4.25. The van der Waals surface area contributed by atoms with Crippen molar-refractivity contribution in [3.63, 3.8) is 0 Å². The SMILES string of the molecule is CCOC(=O)C1CC(C)N(Cc2ccccc2)CC1C. The van der Waals surface area contributed by atoms with Crippen molar-refractivity contribution in [2.75, 3.05) is 13.2 Å². The Bertz CT molecular complexity index is 432. The van der Waals surface area contributed by atoms with Gasteiger partial charge in [0.05, 0.1) is 12.5 Å². The van der Waals surface area contributed by atoms with E-state index in [1.54, 1.807) is 0 Å². The number of piperidine rings is 1. The maximum Gasteiger partial charge on any atom is 0.309 e. The number of ether oxygens (including phenoxy) is 1. The van der Waals surface area contributed by atoms with Crippen molar-refractivity contribution in [1.29, 1.82) is 0 Å². The molecule has 0 amide bonds. The van der Waals surface area contributed by atoms with E-state index in [2.05, 4.69) is 43.0 Å². The van der Waals surface area contributed by atoms with E-state index in [9.17, 15) is 4.79 Å². The number of benzene rings is 1. The second-order valence-corrected chi connectivity index (χ2v) is 5.84. The first-order valence-electron chi connectivity index (χ1n) is 7.56. The van der Waals surface area contributed by atoms with Gasteiger partial charge in [-0.3, -0.25) is 9.69 Å². The zero-order valence-electron chi connectivity index (χ0n) is 12.7. The lowest BCUT2D eigenvalue weighted by atomic mass is 9.83. The van der Waals surface area contributed by atoms with Crippen molar-refractivity contribution in [3.8, 4) is 0 Å². The number of likely N-dealkylation sites (tertiary alicyclic amines) is 1. The van der Waals surface area contributed by atoms with Crippen LogP contribution in [0.1, 0.15) is 32.8 Å². The molecule has 2 rings (SSSR count). The highest BCUT2D eigenvalue weighted by atomic mass is 16.5. The quantitative estimate of drug-likeness (QED) is 0.791. The molecule has 110 valence electrons. The molecule has 0 bridgehead atoms. The Balaban J connectivity index is 1.97. The van der Waals surface area contributed by atoms with E-state index in [-0.39, 0.29) is 11.9 Å². The Labute approximate surface area is 121 Å². The fourth-order valence-corrected chi connectivity index (χ4v) is 3.04. The zero-order valence-corrected chi connectivity index (χ0v) is 12.7. The highest BCUT2D eigenvalue weighted by molar-refractivity contribution is 5.73. The molecule has 1 aliphatic rings.